The summed E-state index contributed by atoms with van der Waals surface area (Å²) in [7, 11) is -0.691. The van der Waals surface area contributed by atoms with Crippen LogP contribution in [0.4, 0.5) is 17.1 Å². The van der Waals surface area contributed by atoms with E-state index >= 15 is 0 Å². The van der Waals surface area contributed by atoms with Crippen LogP contribution in [0.1, 0.15) is 10.4 Å². The van der Waals surface area contributed by atoms with Crippen molar-refractivity contribution in [1.82, 2.24) is 0 Å². The highest BCUT2D eigenvalue weighted by molar-refractivity contribution is 7.85. The summed E-state index contributed by atoms with van der Waals surface area (Å²) < 4.78 is 30.8. The second-order valence-electron chi connectivity index (χ2n) is 5.07. The van der Waals surface area contributed by atoms with Crippen molar-refractivity contribution in [2.75, 3.05) is 19.0 Å². The van der Waals surface area contributed by atoms with Gasteiger partial charge in [-0.2, -0.15) is 13.5 Å². The van der Waals surface area contributed by atoms with Crippen molar-refractivity contribution >= 4 is 33.1 Å². The Bertz CT molecular complexity index is 890. The van der Waals surface area contributed by atoms with E-state index in [1.165, 1.54) is 36.4 Å². The molecule has 0 fully saturated rings. The molecule has 0 aliphatic rings. The van der Waals surface area contributed by atoms with Gasteiger partial charge in [-0.1, -0.05) is 0 Å². The number of hydrogen-bond acceptors (Lipinski definition) is 6. The minimum atomic E-state index is -4.27. The molecule has 0 aliphatic carbocycles. The number of rotatable bonds is 5. The second-order valence-corrected chi connectivity index (χ2v) is 6.49. The van der Waals surface area contributed by atoms with Crippen LogP contribution < -0.4 is 4.90 Å². The fourth-order valence-corrected chi connectivity index (χ4v) is 2.34. The summed E-state index contributed by atoms with van der Waals surface area (Å²) in [6, 6.07) is 9.78. The van der Waals surface area contributed by atoms with Crippen LogP contribution in [-0.4, -0.2) is 38.1 Å². The average Bonchev–Trinajstić information content (AvgIpc) is 2.52. The van der Waals surface area contributed by atoms with Crippen LogP contribution in [0.15, 0.2) is 57.6 Å². The lowest BCUT2D eigenvalue weighted by Crippen LogP contribution is -2.09. The van der Waals surface area contributed by atoms with Gasteiger partial charge in [-0.25, -0.2) is 4.79 Å². The first kappa shape index (κ1) is 17.6. The zero-order valence-electron chi connectivity index (χ0n) is 12.9. The molecule has 0 atom stereocenters. The predicted octanol–water partition coefficient (Wildman–Crippen LogP) is 3.11. The molecule has 0 amide bonds. The van der Waals surface area contributed by atoms with Crippen molar-refractivity contribution in [2.45, 2.75) is 4.90 Å². The van der Waals surface area contributed by atoms with Crippen LogP contribution in [0.2, 0.25) is 0 Å². The van der Waals surface area contributed by atoms with E-state index in [0.29, 0.717) is 11.4 Å². The normalized spacial score (nSPS) is 11.6. The van der Waals surface area contributed by atoms with E-state index in [1.807, 2.05) is 0 Å². The molecule has 0 aliphatic heterocycles. The molecule has 0 aromatic heterocycles. The maximum absolute atomic E-state index is 11.3. The maximum Gasteiger partial charge on any atom is 0.338 e. The summed E-state index contributed by atoms with van der Waals surface area (Å²) >= 11 is 0. The molecule has 0 saturated heterocycles. The number of carbonyl (C=O) groups is 1. The number of nitrogens with zero attached hydrogens (tertiary/aromatic N) is 3. The zero-order valence-corrected chi connectivity index (χ0v) is 13.7. The first-order chi connectivity index (χ1) is 11.2. The standard InChI is InChI=1S/C15H15N3O5S/c1-18(2)11-5-8-14(13(9-11)15(19)20)17-16-10-3-6-12(7-4-10)24(21,22)23/h3-9H,1-2H3,(H,19,20)(H,21,22,23). The Balaban J connectivity index is 2.33. The molecule has 2 N–H and O–H groups in total. The SMILES string of the molecule is CN(C)c1ccc(N=Nc2ccc(S(=O)(=O)O)cc2)c(C(=O)O)c1. The van der Waals surface area contributed by atoms with Gasteiger partial charge in [-0.05, 0) is 42.5 Å². The number of aromatic carboxylic acids is 1. The van der Waals surface area contributed by atoms with Crippen molar-refractivity contribution in [1.29, 1.82) is 0 Å². The lowest BCUT2D eigenvalue weighted by molar-refractivity contribution is 0.0697. The van der Waals surface area contributed by atoms with E-state index in [2.05, 4.69) is 10.2 Å². The summed E-state index contributed by atoms with van der Waals surface area (Å²) in [5.41, 5.74) is 1.20. The Kier molecular flexibility index (Phi) is 4.96. The van der Waals surface area contributed by atoms with Crippen molar-refractivity contribution < 1.29 is 22.9 Å². The van der Waals surface area contributed by atoms with Crippen molar-refractivity contribution in [2.24, 2.45) is 10.2 Å². The molecule has 0 heterocycles. The van der Waals surface area contributed by atoms with Gasteiger partial charge >= 0.3 is 5.97 Å². The van der Waals surface area contributed by atoms with Gasteiger partial charge in [0.2, 0.25) is 0 Å². The van der Waals surface area contributed by atoms with E-state index < -0.39 is 16.1 Å². The Morgan fingerprint density at radius 2 is 1.67 bits per heavy atom. The van der Waals surface area contributed by atoms with Gasteiger partial charge in [-0.3, -0.25) is 4.55 Å². The summed E-state index contributed by atoms with van der Waals surface area (Å²) in [5, 5.41) is 17.1. The molecule has 126 valence electrons. The smallest absolute Gasteiger partial charge is 0.338 e. The molecule has 9 heteroatoms. The maximum atomic E-state index is 11.3. The van der Waals surface area contributed by atoms with Gasteiger partial charge in [-0.15, -0.1) is 5.11 Å². The van der Waals surface area contributed by atoms with Crippen LogP contribution in [0, 0.1) is 0 Å². The Labute approximate surface area is 138 Å². The van der Waals surface area contributed by atoms with E-state index in [9.17, 15) is 18.3 Å². The van der Waals surface area contributed by atoms with Crippen molar-refractivity contribution in [3.05, 3.63) is 48.0 Å². The molecule has 0 spiro atoms. The number of carboxylic acids is 1. The average molecular weight is 349 g/mol. The van der Waals surface area contributed by atoms with Gasteiger partial charge in [0.25, 0.3) is 10.1 Å². The molecule has 0 radical (unpaired) electrons. The van der Waals surface area contributed by atoms with Gasteiger partial charge in [0.15, 0.2) is 0 Å². The van der Waals surface area contributed by atoms with E-state index in [-0.39, 0.29) is 16.1 Å². The highest BCUT2D eigenvalue weighted by atomic mass is 32.2. The van der Waals surface area contributed by atoms with E-state index in [4.69, 9.17) is 4.55 Å². The first-order valence-corrected chi connectivity index (χ1v) is 8.16. The monoisotopic (exact) mass is 349 g/mol. The largest absolute Gasteiger partial charge is 0.478 e. The lowest BCUT2D eigenvalue weighted by Gasteiger charge is -2.13. The molecule has 8 nitrogen and oxygen atoms in total. The number of hydrogen-bond donors (Lipinski definition) is 2. The fraction of sp³-hybridized carbons (Fsp3) is 0.133. The van der Waals surface area contributed by atoms with Crippen LogP contribution in [0.5, 0.6) is 0 Å². The van der Waals surface area contributed by atoms with Crippen LogP contribution in [0.25, 0.3) is 0 Å². The molecule has 0 saturated carbocycles. The molecule has 2 aromatic rings. The highest BCUT2D eigenvalue weighted by Crippen LogP contribution is 2.27. The quantitative estimate of drug-likeness (QED) is 0.632. The Morgan fingerprint density at radius 1 is 1.04 bits per heavy atom. The summed E-state index contributed by atoms with van der Waals surface area (Å²) in [4.78, 5) is 12.9. The second kappa shape index (κ2) is 6.77. The van der Waals surface area contributed by atoms with Crippen molar-refractivity contribution in [3.8, 4) is 0 Å². The molecular formula is C15H15N3O5S. The van der Waals surface area contributed by atoms with Gasteiger partial charge in [0.05, 0.1) is 16.1 Å². The zero-order chi connectivity index (χ0) is 17.9. The topological polar surface area (TPSA) is 120 Å². The van der Waals surface area contributed by atoms with Crippen LogP contribution in [-0.2, 0) is 10.1 Å². The third-order valence-corrected chi connectivity index (χ3v) is 4.00. The summed E-state index contributed by atoms with van der Waals surface area (Å²) in [6.07, 6.45) is 0. The molecule has 0 bridgehead atoms. The first-order valence-electron chi connectivity index (χ1n) is 6.72. The summed E-state index contributed by atoms with van der Waals surface area (Å²) in [5.74, 6) is -1.13. The third kappa shape index (κ3) is 4.15. The van der Waals surface area contributed by atoms with Crippen LogP contribution >= 0.6 is 0 Å². The number of carboxylic acid groups (broad SMARTS) is 1. The number of anilines is 1. The van der Waals surface area contributed by atoms with Crippen LogP contribution in [0.3, 0.4) is 0 Å². The Hall–Kier alpha value is -2.78. The highest BCUT2D eigenvalue weighted by Gasteiger charge is 2.12. The Morgan fingerprint density at radius 3 is 2.17 bits per heavy atom. The molecule has 0 unspecified atom stereocenters. The van der Waals surface area contributed by atoms with E-state index in [1.54, 1.807) is 25.1 Å². The summed E-state index contributed by atoms with van der Waals surface area (Å²) in [6.45, 7) is 0. The van der Waals surface area contributed by atoms with Gasteiger partial charge in [0, 0.05) is 19.8 Å². The molecule has 2 rings (SSSR count). The number of benzene rings is 2. The van der Waals surface area contributed by atoms with Gasteiger partial charge < -0.3 is 10.0 Å². The third-order valence-electron chi connectivity index (χ3n) is 3.13. The lowest BCUT2D eigenvalue weighted by atomic mass is 10.1. The number of azo groups is 1. The molecule has 2 aromatic carbocycles. The minimum absolute atomic E-state index is 0.000457. The fourth-order valence-electron chi connectivity index (χ4n) is 1.86. The predicted molar refractivity (Wildman–Crippen MR) is 88.2 cm³/mol. The minimum Gasteiger partial charge on any atom is -0.478 e. The van der Waals surface area contributed by atoms with E-state index in [0.717, 1.165) is 0 Å². The molecule has 24 heavy (non-hydrogen) atoms. The van der Waals surface area contributed by atoms with Gasteiger partial charge in [0.1, 0.15) is 5.69 Å². The van der Waals surface area contributed by atoms with Crippen molar-refractivity contribution in [3.63, 3.8) is 0 Å². The molecular weight excluding hydrogens is 334 g/mol.